The second kappa shape index (κ2) is 5.60. The van der Waals surface area contributed by atoms with Gasteiger partial charge in [0.2, 0.25) is 0 Å². The zero-order valence-electron chi connectivity index (χ0n) is 10.8. The average Bonchev–Trinajstić information content (AvgIpc) is 2.71. The number of nitrogens with zero attached hydrogens (tertiary/aromatic N) is 3. The molecule has 5 nitrogen and oxygen atoms in total. The lowest BCUT2D eigenvalue weighted by Gasteiger charge is -2.11. The van der Waals surface area contributed by atoms with Crippen LogP contribution in [0.15, 0.2) is 21.1 Å². The minimum atomic E-state index is -0.148. The lowest BCUT2D eigenvalue weighted by atomic mass is 10.2. The van der Waals surface area contributed by atoms with E-state index in [2.05, 4.69) is 42.2 Å². The standard InChI is InChI=1S/C12H14Br2N4O/c1-6(15)12-7(2)18(17-16-12)10-5-11(19-3)9(14)4-8(10)13/h4-6H,15H2,1-3H3. The van der Waals surface area contributed by atoms with Crippen molar-refractivity contribution in [3.8, 4) is 11.4 Å². The number of rotatable bonds is 3. The zero-order valence-corrected chi connectivity index (χ0v) is 14.0. The summed E-state index contributed by atoms with van der Waals surface area (Å²) in [6.07, 6.45) is 0. The summed E-state index contributed by atoms with van der Waals surface area (Å²) in [5.74, 6) is 0.732. The highest BCUT2D eigenvalue weighted by Crippen LogP contribution is 2.34. The van der Waals surface area contributed by atoms with E-state index in [0.717, 1.165) is 31.8 Å². The summed E-state index contributed by atoms with van der Waals surface area (Å²) in [6.45, 7) is 3.83. The Morgan fingerprint density at radius 2 is 2.00 bits per heavy atom. The van der Waals surface area contributed by atoms with Crippen LogP contribution in [0.3, 0.4) is 0 Å². The Kier molecular flexibility index (Phi) is 4.27. The number of aromatic nitrogens is 3. The van der Waals surface area contributed by atoms with Crippen molar-refractivity contribution in [3.63, 3.8) is 0 Å². The van der Waals surface area contributed by atoms with Crippen LogP contribution >= 0.6 is 31.9 Å². The fourth-order valence-corrected chi connectivity index (χ4v) is 3.15. The Bertz CT molecular complexity index is 610. The van der Waals surface area contributed by atoms with Gasteiger partial charge in [-0.2, -0.15) is 0 Å². The molecule has 2 rings (SSSR count). The first-order valence-electron chi connectivity index (χ1n) is 5.67. The molecular weight excluding hydrogens is 376 g/mol. The summed E-state index contributed by atoms with van der Waals surface area (Å²) in [6, 6.07) is 3.66. The molecule has 0 aliphatic carbocycles. The van der Waals surface area contributed by atoms with Crippen LogP contribution in [0.2, 0.25) is 0 Å². The zero-order chi connectivity index (χ0) is 14.2. The van der Waals surface area contributed by atoms with Gasteiger partial charge < -0.3 is 10.5 Å². The molecule has 2 aromatic rings. The molecule has 0 saturated heterocycles. The molecule has 0 aliphatic heterocycles. The van der Waals surface area contributed by atoms with Crippen molar-refractivity contribution in [2.24, 2.45) is 5.73 Å². The third kappa shape index (κ3) is 2.68. The third-order valence-electron chi connectivity index (χ3n) is 2.81. The summed E-state index contributed by atoms with van der Waals surface area (Å²) >= 11 is 6.96. The first kappa shape index (κ1) is 14.5. The van der Waals surface area contributed by atoms with Gasteiger partial charge in [0.25, 0.3) is 0 Å². The lowest BCUT2D eigenvalue weighted by molar-refractivity contribution is 0.411. The number of benzene rings is 1. The van der Waals surface area contributed by atoms with E-state index in [-0.39, 0.29) is 6.04 Å². The smallest absolute Gasteiger partial charge is 0.135 e. The van der Waals surface area contributed by atoms with Crippen molar-refractivity contribution in [3.05, 3.63) is 32.5 Å². The normalized spacial score (nSPS) is 12.5. The van der Waals surface area contributed by atoms with E-state index >= 15 is 0 Å². The molecular formula is C12H14Br2N4O. The molecule has 0 bridgehead atoms. The molecule has 1 unspecified atom stereocenters. The van der Waals surface area contributed by atoms with E-state index in [4.69, 9.17) is 10.5 Å². The highest BCUT2D eigenvalue weighted by Gasteiger charge is 2.16. The lowest BCUT2D eigenvalue weighted by Crippen LogP contribution is -2.08. The van der Waals surface area contributed by atoms with Gasteiger partial charge in [-0.3, -0.25) is 0 Å². The van der Waals surface area contributed by atoms with Gasteiger partial charge in [0, 0.05) is 16.6 Å². The van der Waals surface area contributed by atoms with E-state index in [1.165, 1.54) is 0 Å². The molecule has 0 fully saturated rings. The molecule has 2 N–H and O–H groups in total. The monoisotopic (exact) mass is 388 g/mol. The van der Waals surface area contributed by atoms with Crippen LogP contribution in [0.25, 0.3) is 5.69 Å². The molecule has 0 radical (unpaired) electrons. The average molecular weight is 390 g/mol. The van der Waals surface area contributed by atoms with E-state index < -0.39 is 0 Å². The Labute approximate surface area is 128 Å². The minimum absolute atomic E-state index is 0.148. The largest absolute Gasteiger partial charge is 0.495 e. The number of hydrogen-bond donors (Lipinski definition) is 1. The number of ether oxygens (including phenoxy) is 1. The molecule has 1 atom stereocenters. The number of nitrogens with two attached hydrogens (primary N) is 1. The molecule has 0 aliphatic rings. The minimum Gasteiger partial charge on any atom is -0.495 e. The maximum atomic E-state index is 5.86. The van der Waals surface area contributed by atoms with Gasteiger partial charge in [0.15, 0.2) is 0 Å². The van der Waals surface area contributed by atoms with Crippen LogP contribution in [0, 0.1) is 6.92 Å². The van der Waals surface area contributed by atoms with Crippen LogP contribution in [0.4, 0.5) is 0 Å². The van der Waals surface area contributed by atoms with Crippen molar-refractivity contribution < 1.29 is 4.74 Å². The summed E-state index contributed by atoms with van der Waals surface area (Å²) in [7, 11) is 1.62. The molecule has 0 saturated carbocycles. The van der Waals surface area contributed by atoms with Crippen molar-refractivity contribution in [1.82, 2.24) is 15.0 Å². The molecule has 1 aromatic carbocycles. The Balaban J connectivity index is 2.59. The SMILES string of the molecule is COc1cc(-n2nnc(C(C)N)c2C)c(Br)cc1Br. The number of hydrogen-bond acceptors (Lipinski definition) is 4. The summed E-state index contributed by atoms with van der Waals surface area (Å²) in [5.41, 5.74) is 8.43. The predicted octanol–water partition coefficient (Wildman–Crippen LogP) is 3.13. The molecule has 1 heterocycles. The van der Waals surface area contributed by atoms with Gasteiger partial charge in [0.05, 0.1) is 23.0 Å². The van der Waals surface area contributed by atoms with E-state index in [1.807, 2.05) is 26.0 Å². The van der Waals surface area contributed by atoms with Crippen molar-refractivity contribution in [2.75, 3.05) is 7.11 Å². The predicted molar refractivity (Wildman–Crippen MR) is 80.7 cm³/mol. The van der Waals surface area contributed by atoms with E-state index in [1.54, 1.807) is 11.8 Å². The number of halogens is 2. The molecule has 7 heteroatoms. The van der Waals surface area contributed by atoms with Crippen molar-refractivity contribution in [1.29, 1.82) is 0 Å². The summed E-state index contributed by atoms with van der Waals surface area (Å²) in [4.78, 5) is 0. The van der Waals surface area contributed by atoms with Crippen LogP contribution in [-0.2, 0) is 0 Å². The summed E-state index contributed by atoms with van der Waals surface area (Å²) < 4.78 is 8.81. The van der Waals surface area contributed by atoms with Gasteiger partial charge in [0.1, 0.15) is 11.4 Å². The Morgan fingerprint density at radius 3 is 2.53 bits per heavy atom. The van der Waals surface area contributed by atoms with Crippen molar-refractivity contribution >= 4 is 31.9 Å². The van der Waals surface area contributed by atoms with Crippen molar-refractivity contribution in [2.45, 2.75) is 19.9 Å². The fraction of sp³-hybridized carbons (Fsp3) is 0.333. The molecule has 0 amide bonds. The molecule has 0 spiro atoms. The van der Waals surface area contributed by atoms with Crippen LogP contribution in [0.1, 0.15) is 24.4 Å². The quantitative estimate of drug-likeness (QED) is 0.875. The molecule has 19 heavy (non-hydrogen) atoms. The molecule has 1 aromatic heterocycles. The first-order chi connectivity index (χ1) is 8.95. The van der Waals surface area contributed by atoms with Crippen LogP contribution in [0.5, 0.6) is 5.75 Å². The van der Waals surface area contributed by atoms with E-state index in [9.17, 15) is 0 Å². The number of methoxy groups -OCH3 is 1. The first-order valence-corrected chi connectivity index (χ1v) is 7.25. The molecule has 102 valence electrons. The van der Waals surface area contributed by atoms with Gasteiger partial charge in [-0.25, -0.2) is 4.68 Å². The van der Waals surface area contributed by atoms with Gasteiger partial charge in [-0.05, 0) is 51.8 Å². The Hall–Kier alpha value is -0.920. The fourth-order valence-electron chi connectivity index (χ4n) is 1.83. The second-order valence-corrected chi connectivity index (χ2v) is 5.91. The van der Waals surface area contributed by atoms with Gasteiger partial charge in [-0.1, -0.05) is 5.21 Å². The Morgan fingerprint density at radius 1 is 1.32 bits per heavy atom. The summed E-state index contributed by atoms with van der Waals surface area (Å²) in [5, 5.41) is 8.28. The maximum absolute atomic E-state index is 5.86. The maximum Gasteiger partial charge on any atom is 0.135 e. The van der Waals surface area contributed by atoms with Gasteiger partial charge >= 0.3 is 0 Å². The highest BCUT2D eigenvalue weighted by molar-refractivity contribution is 9.11. The topological polar surface area (TPSA) is 66.0 Å². The van der Waals surface area contributed by atoms with Crippen LogP contribution < -0.4 is 10.5 Å². The van der Waals surface area contributed by atoms with Gasteiger partial charge in [-0.15, -0.1) is 5.10 Å². The van der Waals surface area contributed by atoms with E-state index in [0.29, 0.717) is 0 Å². The van der Waals surface area contributed by atoms with Crippen LogP contribution in [-0.4, -0.2) is 22.1 Å². The third-order valence-corrected chi connectivity index (χ3v) is 4.07. The second-order valence-electron chi connectivity index (χ2n) is 4.20. The highest BCUT2D eigenvalue weighted by atomic mass is 79.9.